The molecule has 2 heterocycles. The third kappa shape index (κ3) is 7.52. The Balaban J connectivity index is 1.43. The van der Waals surface area contributed by atoms with E-state index in [2.05, 4.69) is 15.5 Å². The van der Waals surface area contributed by atoms with Gasteiger partial charge in [0.25, 0.3) is 0 Å². The summed E-state index contributed by atoms with van der Waals surface area (Å²) in [5.74, 6) is 1.86. The molecular weight excluding hydrogens is 344 g/mol. The number of hydrogen-bond donors (Lipinski definition) is 3. The second kappa shape index (κ2) is 11.3. The molecule has 1 aliphatic heterocycles. The lowest BCUT2D eigenvalue weighted by Gasteiger charge is -2.28. The van der Waals surface area contributed by atoms with Crippen molar-refractivity contribution in [3.05, 3.63) is 24.2 Å². The minimum absolute atomic E-state index is 0.135. The van der Waals surface area contributed by atoms with Crippen LogP contribution in [0.1, 0.15) is 37.9 Å². The molecule has 1 aromatic heterocycles. The van der Waals surface area contributed by atoms with Crippen LogP contribution in [0.15, 0.2) is 27.8 Å². The molecule has 3 rings (SSSR count). The van der Waals surface area contributed by atoms with Crippen LogP contribution in [0, 0.1) is 0 Å². The minimum atomic E-state index is -0.135. The highest BCUT2D eigenvalue weighted by molar-refractivity contribution is 5.80. The topological polar surface area (TPSA) is 82.3 Å². The molecule has 2 aliphatic rings. The number of hydrogen-bond acceptors (Lipinski definition) is 5. The summed E-state index contributed by atoms with van der Waals surface area (Å²) in [6, 6.07) is 4.31. The Morgan fingerprint density at radius 2 is 2.04 bits per heavy atom. The van der Waals surface area contributed by atoms with Gasteiger partial charge in [0.1, 0.15) is 5.76 Å². The lowest BCUT2D eigenvalue weighted by Crippen LogP contribution is -2.46. The molecule has 7 heteroatoms. The zero-order chi connectivity index (χ0) is 18.7. The van der Waals surface area contributed by atoms with E-state index in [1.165, 1.54) is 0 Å². The molecular formula is C20H34N4O3. The van der Waals surface area contributed by atoms with Gasteiger partial charge in [0, 0.05) is 45.2 Å². The van der Waals surface area contributed by atoms with Gasteiger partial charge in [-0.3, -0.25) is 9.89 Å². The number of aliphatic hydroxyl groups excluding tert-OH is 1. The van der Waals surface area contributed by atoms with Crippen LogP contribution in [0.3, 0.4) is 0 Å². The normalized spacial score (nSPS) is 24.7. The van der Waals surface area contributed by atoms with Crippen molar-refractivity contribution in [2.45, 2.75) is 50.7 Å². The monoisotopic (exact) mass is 378 g/mol. The Hall–Kier alpha value is -1.57. The number of aliphatic imine (C=N–C) groups is 1. The van der Waals surface area contributed by atoms with Crippen LogP contribution >= 0.6 is 0 Å². The summed E-state index contributed by atoms with van der Waals surface area (Å²) in [6.07, 6.45) is 7.19. The molecule has 27 heavy (non-hydrogen) atoms. The van der Waals surface area contributed by atoms with E-state index < -0.39 is 0 Å². The Labute approximate surface area is 162 Å². The van der Waals surface area contributed by atoms with E-state index in [1.807, 2.05) is 12.1 Å². The van der Waals surface area contributed by atoms with Gasteiger partial charge in [0.2, 0.25) is 0 Å². The van der Waals surface area contributed by atoms with Crippen molar-refractivity contribution in [2.24, 2.45) is 4.99 Å². The van der Waals surface area contributed by atoms with Crippen LogP contribution in [0.2, 0.25) is 0 Å². The molecule has 7 nitrogen and oxygen atoms in total. The number of ether oxygens (including phenoxy) is 1. The lowest BCUT2D eigenvalue weighted by atomic mass is 9.93. The molecule has 2 fully saturated rings. The van der Waals surface area contributed by atoms with Crippen molar-refractivity contribution >= 4 is 5.96 Å². The number of morpholine rings is 1. The molecule has 1 saturated carbocycles. The van der Waals surface area contributed by atoms with Crippen LogP contribution in [0.25, 0.3) is 0 Å². The molecule has 1 saturated heterocycles. The highest BCUT2D eigenvalue weighted by Gasteiger charge is 2.20. The van der Waals surface area contributed by atoms with E-state index in [4.69, 9.17) is 14.1 Å². The van der Waals surface area contributed by atoms with Crippen molar-refractivity contribution in [1.29, 1.82) is 0 Å². The van der Waals surface area contributed by atoms with E-state index in [9.17, 15) is 5.11 Å². The summed E-state index contributed by atoms with van der Waals surface area (Å²) in [6.45, 7) is 6.42. The number of rotatable bonds is 8. The molecule has 0 unspecified atom stereocenters. The first-order chi connectivity index (χ1) is 13.3. The van der Waals surface area contributed by atoms with Crippen molar-refractivity contribution in [3.63, 3.8) is 0 Å². The average Bonchev–Trinajstić information content (AvgIpc) is 3.21. The molecule has 3 N–H and O–H groups in total. The Bertz CT molecular complexity index is 535. The number of nitrogens with zero attached hydrogens (tertiary/aromatic N) is 2. The van der Waals surface area contributed by atoms with Crippen molar-refractivity contribution in [1.82, 2.24) is 15.5 Å². The van der Waals surface area contributed by atoms with Gasteiger partial charge in [-0.2, -0.15) is 0 Å². The summed E-state index contributed by atoms with van der Waals surface area (Å²) in [7, 11) is 0. The van der Waals surface area contributed by atoms with Crippen LogP contribution in [-0.4, -0.2) is 74.0 Å². The fourth-order valence-corrected chi connectivity index (χ4v) is 3.63. The first kappa shape index (κ1) is 20.2. The lowest BCUT2D eigenvalue weighted by molar-refractivity contribution is 0.0377. The maximum Gasteiger partial charge on any atom is 0.191 e. The fourth-order valence-electron chi connectivity index (χ4n) is 3.63. The Morgan fingerprint density at radius 3 is 2.78 bits per heavy atom. The second-order valence-electron chi connectivity index (χ2n) is 7.44. The van der Waals surface area contributed by atoms with Crippen molar-refractivity contribution in [3.8, 4) is 0 Å². The summed E-state index contributed by atoms with van der Waals surface area (Å²) in [4.78, 5) is 7.23. The standard InChI is InChI=1S/C20H34N4O3/c25-18-6-4-17(5-7-18)23-20(22-10-8-19-3-1-14-27-19)21-9-2-11-24-12-15-26-16-13-24/h1,3,14,17-18,25H,2,4-13,15-16H2,(H2,21,22,23). The highest BCUT2D eigenvalue weighted by Crippen LogP contribution is 2.18. The molecule has 1 aromatic rings. The Morgan fingerprint density at radius 1 is 1.22 bits per heavy atom. The van der Waals surface area contributed by atoms with Gasteiger partial charge in [-0.1, -0.05) is 0 Å². The van der Waals surface area contributed by atoms with Crippen molar-refractivity contribution < 1.29 is 14.3 Å². The highest BCUT2D eigenvalue weighted by atomic mass is 16.5. The molecule has 0 atom stereocenters. The molecule has 1 aliphatic carbocycles. The van der Waals surface area contributed by atoms with Gasteiger partial charge in [0.15, 0.2) is 5.96 Å². The Kier molecular flexibility index (Phi) is 8.45. The van der Waals surface area contributed by atoms with Gasteiger partial charge in [0.05, 0.1) is 25.6 Å². The van der Waals surface area contributed by atoms with Gasteiger partial charge in [-0.05, 0) is 44.2 Å². The van der Waals surface area contributed by atoms with E-state index in [-0.39, 0.29) is 6.10 Å². The summed E-state index contributed by atoms with van der Waals surface area (Å²) >= 11 is 0. The van der Waals surface area contributed by atoms with Gasteiger partial charge in [-0.25, -0.2) is 0 Å². The maximum atomic E-state index is 9.71. The van der Waals surface area contributed by atoms with E-state index in [0.29, 0.717) is 6.04 Å². The summed E-state index contributed by atoms with van der Waals surface area (Å²) in [5, 5.41) is 16.7. The first-order valence-corrected chi connectivity index (χ1v) is 10.3. The molecule has 0 amide bonds. The molecule has 0 aromatic carbocycles. The third-order valence-electron chi connectivity index (χ3n) is 5.29. The average molecular weight is 379 g/mol. The second-order valence-corrected chi connectivity index (χ2v) is 7.44. The minimum Gasteiger partial charge on any atom is -0.469 e. The quantitative estimate of drug-likeness (QED) is 0.360. The maximum absolute atomic E-state index is 9.71. The van der Waals surface area contributed by atoms with Crippen LogP contribution < -0.4 is 10.6 Å². The van der Waals surface area contributed by atoms with Crippen LogP contribution in [-0.2, 0) is 11.2 Å². The number of nitrogens with one attached hydrogen (secondary N) is 2. The van der Waals surface area contributed by atoms with Crippen LogP contribution in [0.5, 0.6) is 0 Å². The number of aliphatic hydroxyl groups is 1. The largest absolute Gasteiger partial charge is 0.469 e. The molecule has 152 valence electrons. The predicted molar refractivity (Wildman–Crippen MR) is 106 cm³/mol. The van der Waals surface area contributed by atoms with Crippen molar-refractivity contribution in [2.75, 3.05) is 45.9 Å². The zero-order valence-corrected chi connectivity index (χ0v) is 16.2. The summed E-state index contributed by atoms with van der Waals surface area (Å²) < 4.78 is 10.8. The van der Waals surface area contributed by atoms with E-state index in [0.717, 1.165) is 96.2 Å². The van der Waals surface area contributed by atoms with Gasteiger partial charge >= 0.3 is 0 Å². The zero-order valence-electron chi connectivity index (χ0n) is 16.2. The smallest absolute Gasteiger partial charge is 0.191 e. The molecule has 0 spiro atoms. The number of furan rings is 1. The predicted octanol–water partition coefficient (Wildman–Crippen LogP) is 1.38. The summed E-state index contributed by atoms with van der Waals surface area (Å²) in [5.41, 5.74) is 0. The third-order valence-corrected chi connectivity index (χ3v) is 5.29. The van der Waals surface area contributed by atoms with E-state index in [1.54, 1.807) is 6.26 Å². The van der Waals surface area contributed by atoms with Gasteiger partial charge in [-0.15, -0.1) is 0 Å². The fraction of sp³-hybridized carbons (Fsp3) is 0.750. The van der Waals surface area contributed by atoms with Gasteiger partial charge < -0.3 is 24.9 Å². The molecule has 0 radical (unpaired) electrons. The van der Waals surface area contributed by atoms with E-state index >= 15 is 0 Å². The number of guanidine groups is 1. The van der Waals surface area contributed by atoms with Crippen LogP contribution in [0.4, 0.5) is 0 Å². The first-order valence-electron chi connectivity index (χ1n) is 10.3. The molecule has 0 bridgehead atoms. The SMILES string of the molecule is OC1CCC(NC(=NCCCN2CCOCC2)NCCc2ccco2)CC1.